The molecule has 186 valence electrons. The maximum Gasteiger partial charge on any atom is 0.303 e. The van der Waals surface area contributed by atoms with E-state index >= 15 is 0 Å². The number of nitrogens with one attached hydrogen (secondary N) is 2. The number of carbonyl (C=O) groups excluding carboxylic acids is 2. The van der Waals surface area contributed by atoms with E-state index in [0.717, 1.165) is 31.6 Å². The fraction of sp³-hybridized carbons (Fsp3) is 0.808. The van der Waals surface area contributed by atoms with E-state index in [2.05, 4.69) is 34.5 Å². The molecule has 3 fully saturated rings. The molecule has 33 heavy (non-hydrogen) atoms. The standard InChI is InChI=1S/C26H42N2O4S/c29-24(13-8-11-19-9-4-3-5-10-19)28-18-25(30)27-17-21-20(22-15-16-23(21)33-22)12-6-1-2-7-14-26(31)32/h1,6,19-23H,2-5,7-18H2,(H,27,30)(H,28,29)(H,31,32)/t20-,21+,22-,23+/m0/s1. The predicted molar refractivity (Wildman–Crippen MR) is 133 cm³/mol. The van der Waals surface area contributed by atoms with Crippen molar-refractivity contribution in [2.75, 3.05) is 13.1 Å². The molecule has 7 heteroatoms. The first-order valence-electron chi connectivity index (χ1n) is 13.1. The van der Waals surface area contributed by atoms with E-state index in [-0.39, 0.29) is 24.8 Å². The summed E-state index contributed by atoms with van der Waals surface area (Å²) in [6.07, 6.45) is 18.7. The number of carboxylic acid groups (broad SMARTS) is 1. The van der Waals surface area contributed by atoms with E-state index < -0.39 is 5.97 Å². The van der Waals surface area contributed by atoms with Crippen molar-refractivity contribution in [1.82, 2.24) is 10.6 Å². The number of fused-ring (bicyclic) bond motifs is 2. The first-order chi connectivity index (χ1) is 16.0. The van der Waals surface area contributed by atoms with Crippen LogP contribution in [0, 0.1) is 17.8 Å². The number of amides is 2. The first kappa shape index (κ1) is 26.1. The largest absolute Gasteiger partial charge is 0.481 e. The molecule has 2 bridgehead atoms. The molecule has 2 aliphatic heterocycles. The molecule has 3 aliphatic rings. The van der Waals surface area contributed by atoms with Gasteiger partial charge in [0.05, 0.1) is 6.54 Å². The number of carboxylic acids is 1. The highest BCUT2D eigenvalue weighted by Crippen LogP contribution is 2.54. The van der Waals surface area contributed by atoms with Crippen LogP contribution in [0.1, 0.15) is 89.9 Å². The first-order valence-corrected chi connectivity index (χ1v) is 14.0. The van der Waals surface area contributed by atoms with E-state index in [0.29, 0.717) is 41.7 Å². The Balaban J connectivity index is 1.29. The average Bonchev–Trinajstić information content (AvgIpc) is 3.41. The molecule has 2 saturated heterocycles. The zero-order valence-corrected chi connectivity index (χ0v) is 20.8. The highest BCUT2D eigenvalue weighted by Gasteiger charge is 2.47. The van der Waals surface area contributed by atoms with Crippen molar-refractivity contribution in [3.8, 4) is 0 Å². The van der Waals surface area contributed by atoms with E-state index in [9.17, 15) is 14.4 Å². The summed E-state index contributed by atoms with van der Waals surface area (Å²) in [6, 6.07) is 0. The summed E-state index contributed by atoms with van der Waals surface area (Å²) < 4.78 is 0. The van der Waals surface area contributed by atoms with Crippen LogP contribution in [0.25, 0.3) is 0 Å². The lowest BCUT2D eigenvalue weighted by Crippen LogP contribution is -2.42. The Hall–Kier alpha value is -1.50. The molecule has 2 heterocycles. The minimum absolute atomic E-state index is 0.0117. The van der Waals surface area contributed by atoms with E-state index in [1.807, 2.05) is 0 Å². The summed E-state index contributed by atoms with van der Waals surface area (Å²) in [5.41, 5.74) is 0. The van der Waals surface area contributed by atoms with Gasteiger partial charge in [-0.25, -0.2) is 0 Å². The molecule has 0 spiro atoms. The van der Waals surface area contributed by atoms with Crippen LogP contribution in [0.4, 0.5) is 0 Å². The van der Waals surface area contributed by atoms with Gasteiger partial charge in [-0.2, -0.15) is 11.8 Å². The molecule has 6 nitrogen and oxygen atoms in total. The summed E-state index contributed by atoms with van der Waals surface area (Å²) in [4.78, 5) is 35.0. The number of thioether (sulfide) groups is 1. The summed E-state index contributed by atoms with van der Waals surface area (Å²) in [5.74, 6) is 1.00. The Bertz CT molecular complexity index is 677. The number of carbonyl (C=O) groups is 3. The van der Waals surface area contributed by atoms with Crippen molar-refractivity contribution in [3.05, 3.63) is 12.2 Å². The Morgan fingerprint density at radius 3 is 2.36 bits per heavy atom. The molecule has 0 aromatic carbocycles. The van der Waals surface area contributed by atoms with Crippen molar-refractivity contribution in [1.29, 1.82) is 0 Å². The number of allylic oxidation sites excluding steroid dienone is 2. The molecule has 1 saturated carbocycles. The van der Waals surface area contributed by atoms with Crippen LogP contribution in [0.3, 0.4) is 0 Å². The van der Waals surface area contributed by atoms with Crippen molar-refractivity contribution >= 4 is 29.5 Å². The Kier molecular flexibility index (Phi) is 11.1. The van der Waals surface area contributed by atoms with Crippen molar-refractivity contribution in [3.63, 3.8) is 0 Å². The Morgan fingerprint density at radius 1 is 0.848 bits per heavy atom. The fourth-order valence-electron chi connectivity index (χ4n) is 5.81. The van der Waals surface area contributed by atoms with Gasteiger partial charge in [0.2, 0.25) is 11.8 Å². The second-order valence-corrected chi connectivity index (χ2v) is 11.6. The van der Waals surface area contributed by atoms with Gasteiger partial charge in [-0.3, -0.25) is 14.4 Å². The molecule has 2 amide bonds. The third-order valence-corrected chi connectivity index (χ3v) is 9.52. The molecule has 0 unspecified atom stereocenters. The van der Waals surface area contributed by atoms with Gasteiger partial charge in [0, 0.05) is 29.9 Å². The molecule has 0 radical (unpaired) electrons. The minimum Gasteiger partial charge on any atom is -0.481 e. The average molecular weight is 479 g/mol. The lowest BCUT2D eigenvalue weighted by Gasteiger charge is -2.29. The molecular formula is C26H42N2O4S. The summed E-state index contributed by atoms with van der Waals surface area (Å²) in [7, 11) is 0. The number of aliphatic carboxylic acids is 1. The summed E-state index contributed by atoms with van der Waals surface area (Å²) in [5, 5.41) is 15.9. The molecule has 0 aromatic rings. The van der Waals surface area contributed by atoms with E-state index in [1.54, 1.807) is 0 Å². The third-order valence-electron chi connectivity index (χ3n) is 7.65. The van der Waals surface area contributed by atoms with Crippen LogP contribution in [0.5, 0.6) is 0 Å². The van der Waals surface area contributed by atoms with Gasteiger partial charge in [0.15, 0.2) is 0 Å². The van der Waals surface area contributed by atoms with Crippen molar-refractivity contribution < 1.29 is 19.5 Å². The van der Waals surface area contributed by atoms with Gasteiger partial charge in [-0.05, 0) is 62.7 Å². The van der Waals surface area contributed by atoms with Gasteiger partial charge < -0.3 is 15.7 Å². The van der Waals surface area contributed by atoms with E-state index in [1.165, 1.54) is 44.9 Å². The van der Waals surface area contributed by atoms with Crippen LogP contribution < -0.4 is 10.6 Å². The van der Waals surface area contributed by atoms with Gasteiger partial charge >= 0.3 is 5.97 Å². The van der Waals surface area contributed by atoms with Crippen molar-refractivity contribution in [2.24, 2.45) is 17.8 Å². The molecule has 4 atom stereocenters. The van der Waals surface area contributed by atoms with Crippen LogP contribution in [0.15, 0.2) is 12.2 Å². The molecule has 0 aromatic heterocycles. The smallest absolute Gasteiger partial charge is 0.303 e. The SMILES string of the molecule is O=C(O)CCCC=CC[C@H]1[C@@H](CNC(=O)CNC(=O)CCCC2CCCCC2)[C@H]2CC[C@@H]1S2. The van der Waals surface area contributed by atoms with Gasteiger partial charge in [-0.1, -0.05) is 44.3 Å². The van der Waals surface area contributed by atoms with E-state index in [4.69, 9.17) is 5.11 Å². The van der Waals surface area contributed by atoms with Crippen LogP contribution in [0.2, 0.25) is 0 Å². The number of unbranched alkanes of at least 4 members (excludes halogenated alkanes) is 1. The number of hydrogen-bond acceptors (Lipinski definition) is 4. The van der Waals surface area contributed by atoms with Crippen molar-refractivity contribution in [2.45, 2.75) is 100 Å². The number of rotatable bonds is 14. The predicted octanol–water partition coefficient (Wildman–Crippen LogP) is 4.68. The minimum atomic E-state index is -0.737. The van der Waals surface area contributed by atoms with Crippen LogP contribution >= 0.6 is 11.8 Å². The van der Waals surface area contributed by atoms with Gasteiger partial charge in [0.25, 0.3) is 0 Å². The fourth-order valence-corrected chi connectivity index (χ4v) is 7.82. The molecule has 3 N–H and O–H groups in total. The quantitative estimate of drug-likeness (QED) is 0.249. The van der Waals surface area contributed by atoms with Crippen LogP contribution in [-0.4, -0.2) is 46.5 Å². The molecule has 1 aliphatic carbocycles. The zero-order valence-electron chi connectivity index (χ0n) is 19.9. The maximum atomic E-state index is 12.3. The van der Waals surface area contributed by atoms with Crippen LogP contribution in [-0.2, 0) is 14.4 Å². The maximum absolute atomic E-state index is 12.3. The highest BCUT2D eigenvalue weighted by atomic mass is 32.2. The highest BCUT2D eigenvalue weighted by molar-refractivity contribution is 8.01. The number of hydrogen-bond donors (Lipinski definition) is 3. The second-order valence-electron chi connectivity index (χ2n) is 10.1. The lowest BCUT2D eigenvalue weighted by molar-refractivity contribution is -0.137. The zero-order chi connectivity index (χ0) is 23.5. The normalized spacial score (nSPS) is 27.2. The summed E-state index contributed by atoms with van der Waals surface area (Å²) >= 11 is 2.08. The second kappa shape index (κ2) is 14.0. The van der Waals surface area contributed by atoms with Gasteiger partial charge in [-0.15, -0.1) is 0 Å². The molecule has 3 rings (SSSR count). The van der Waals surface area contributed by atoms with Gasteiger partial charge in [0.1, 0.15) is 0 Å². The third kappa shape index (κ3) is 8.99. The Morgan fingerprint density at radius 2 is 1.61 bits per heavy atom. The monoisotopic (exact) mass is 478 g/mol. The molecular weight excluding hydrogens is 436 g/mol. The lowest BCUT2D eigenvalue weighted by atomic mass is 9.77. The summed E-state index contributed by atoms with van der Waals surface area (Å²) in [6.45, 7) is 0.756. The Labute approximate surface area is 203 Å². The topological polar surface area (TPSA) is 95.5 Å².